The van der Waals surface area contributed by atoms with Crippen LogP contribution < -0.4 is 0 Å². The first-order valence-electron chi connectivity index (χ1n) is 7.33. The van der Waals surface area contributed by atoms with Gasteiger partial charge in [0, 0.05) is 19.2 Å². The lowest BCUT2D eigenvalue weighted by atomic mass is 10.2. The highest BCUT2D eigenvalue weighted by molar-refractivity contribution is 7.91. The van der Waals surface area contributed by atoms with Gasteiger partial charge < -0.3 is 9.64 Å². The Morgan fingerprint density at radius 1 is 1.33 bits per heavy atom. The van der Waals surface area contributed by atoms with Crippen LogP contribution in [0.5, 0.6) is 0 Å². The molecular formula is C16H18FNO5S. The summed E-state index contributed by atoms with van der Waals surface area (Å²) in [6, 6.07) is 5.14. The number of ether oxygens (including phenoxy) is 1. The molecule has 1 aromatic carbocycles. The van der Waals surface area contributed by atoms with Crippen molar-refractivity contribution in [1.82, 2.24) is 4.90 Å². The molecule has 130 valence electrons. The van der Waals surface area contributed by atoms with Gasteiger partial charge in [-0.2, -0.15) is 0 Å². The van der Waals surface area contributed by atoms with Gasteiger partial charge in [-0.1, -0.05) is 12.1 Å². The molecule has 0 saturated carbocycles. The van der Waals surface area contributed by atoms with Crippen LogP contribution in [-0.2, 0) is 24.2 Å². The Labute approximate surface area is 139 Å². The number of hydrogen-bond donors (Lipinski definition) is 0. The van der Waals surface area contributed by atoms with Crippen LogP contribution in [0.1, 0.15) is 12.0 Å². The van der Waals surface area contributed by atoms with Gasteiger partial charge in [0.2, 0.25) is 0 Å². The van der Waals surface area contributed by atoms with E-state index >= 15 is 0 Å². The van der Waals surface area contributed by atoms with Gasteiger partial charge in [-0.15, -0.1) is 0 Å². The summed E-state index contributed by atoms with van der Waals surface area (Å²) in [6.07, 6.45) is 2.98. The van der Waals surface area contributed by atoms with Crippen LogP contribution in [0.2, 0.25) is 0 Å². The van der Waals surface area contributed by atoms with E-state index in [9.17, 15) is 22.4 Å². The summed E-state index contributed by atoms with van der Waals surface area (Å²) in [5.41, 5.74) is 0.618. The first kappa shape index (κ1) is 18.1. The fourth-order valence-corrected chi connectivity index (χ4v) is 4.08. The van der Waals surface area contributed by atoms with E-state index in [0.717, 1.165) is 6.08 Å². The zero-order valence-electron chi connectivity index (χ0n) is 13.1. The van der Waals surface area contributed by atoms with Crippen molar-refractivity contribution in [3.8, 4) is 0 Å². The van der Waals surface area contributed by atoms with E-state index in [-0.39, 0.29) is 23.4 Å². The number of amides is 1. The summed E-state index contributed by atoms with van der Waals surface area (Å²) in [4.78, 5) is 24.8. The highest BCUT2D eigenvalue weighted by Crippen LogP contribution is 2.16. The van der Waals surface area contributed by atoms with Crippen molar-refractivity contribution in [3.63, 3.8) is 0 Å². The van der Waals surface area contributed by atoms with Crippen molar-refractivity contribution in [2.24, 2.45) is 0 Å². The second-order valence-corrected chi connectivity index (χ2v) is 7.78. The summed E-state index contributed by atoms with van der Waals surface area (Å²) >= 11 is 0. The molecule has 1 aliphatic rings. The van der Waals surface area contributed by atoms with E-state index in [1.807, 2.05) is 0 Å². The SMILES string of the molecule is CN(C(=O)COC(=O)/C=C/c1ccc(F)cc1)[C@H]1CCS(=O)(=O)C1. The summed E-state index contributed by atoms with van der Waals surface area (Å²) in [5.74, 6) is -1.54. The summed E-state index contributed by atoms with van der Waals surface area (Å²) in [6.45, 7) is -0.459. The number of sulfone groups is 1. The number of nitrogens with zero attached hydrogens (tertiary/aromatic N) is 1. The molecule has 24 heavy (non-hydrogen) atoms. The van der Waals surface area contributed by atoms with Crippen molar-refractivity contribution in [2.75, 3.05) is 25.2 Å². The summed E-state index contributed by atoms with van der Waals surface area (Å²) in [7, 11) is -1.59. The molecule has 0 bridgehead atoms. The van der Waals surface area contributed by atoms with Crippen LogP contribution in [0.25, 0.3) is 6.08 Å². The molecule has 0 unspecified atom stereocenters. The molecule has 1 saturated heterocycles. The van der Waals surface area contributed by atoms with Crippen molar-refractivity contribution >= 4 is 27.8 Å². The minimum atomic E-state index is -3.09. The minimum absolute atomic E-state index is 0.0618. The lowest BCUT2D eigenvalue weighted by Gasteiger charge is -2.22. The minimum Gasteiger partial charge on any atom is -0.452 e. The zero-order valence-corrected chi connectivity index (χ0v) is 14.0. The molecule has 1 aliphatic heterocycles. The van der Waals surface area contributed by atoms with Crippen LogP contribution in [0.3, 0.4) is 0 Å². The van der Waals surface area contributed by atoms with Gasteiger partial charge in [0.1, 0.15) is 5.82 Å². The van der Waals surface area contributed by atoms with Crippen molar-refractivity contribution in [3.05, 3.63) is 41.7 Å². The molecule has 6 nitrogen and oxygen atoms in total. The first-order chi connectivity index (χ1) is 11.3. The average Bonchev–Trinajstić information content (AvgIpc) is 2.91. The number of rotatable bonds is 5. The number of hydrogen-bond acceptors (Lipinski definition) is 5. The molecule has 1 fully saturated rings. The Morgan fingerprint density at radius 3 is 2.58 bits per heavy atom. The molecule has 0 spiro atoms. The molecule has 0 aliphatic carbocycles. The van der Waals surface area contributed by atoms with Gasteiger partial charge in [0.25, 0.3) is 5.91 Å². The van der Waals surface area contributed by atoms with E-state index in [2.05, 4.69) is 0 Å². The summed E-state index contributed by atoms with van der Waals surface area (Å²) < 4.78 is 40.4. The van der Waals surface area contributed by atoms with Gasteiger partial charge >= 0.3 is 5.97 Å². The third kappa shape index (κ3) is 5.16. The Bertz CT molecular complexity index is 742. The largest absolute Gasteiger partial charge is 0.452 e. The number of likely N-dealkylation sites (N-methyl/N-ethyl adjacent to an activating group) is 1. The van der Waals surface area contributed by atoms with Gasteiger partial charge in [-0.25, -0.2) is 17.6 Å². The first-order valence-corrected chi connectivity index (χ1v) is 9.15. The molecule has 1 aromatic rings. The monoisotopic (exact) mass is 355 g/mol. The number of carbonyl (C=O) groups excluding carboxylic acids is 2. The second kappa shape index (κ2) is 7.57. The van der Waals surface area contributed by atoms with Crippen molar-refractivity contribution < 1.29 is 27.1 Å². The molecule has 0 N–H and O–H groups in total. The smallest absolute Gasteiger partial charge is 0.331 e. The fraction of sp³-hybridized carbons (Fsp3) is 0.375. The van der Waals surface area contributed by atoms with Gasteiger partial charge in [-0.05, 0) is 30.2 Å². The zero-order chi connectivity index (χ0) is 17.7. The highest BCUT2D eigenvalue weighted by Gasteiger charge is 2.32. The van der Waals surface area contributed by atoms with E-state index in [4.69, 9.17) is 4.74 Å². The molecule has 8 heteroatoms. The maximum Gasteiger partial charge on any atom is 0.331 e. The maximum atomic E-state index is 12.8. The van der Waals surface area contributed by atoms with Crippen LogP contribution in [-0.4, -0.2) is 56.4 Å². The van der Waals surface area contributed by atoms with E-state index in [1.54, 1.807) is 0 Å². The fourth-order valence-electron chi connectivity index (χ4n) is 2.31. The lowest BCUT2D eigenvalue weighted by Crippen LogP contribution is -2.40. The molecule has 1 heterocycles. The molecule has 0 aromatic heterocycles. The van der Waals surface area contributed by atoms with Gasteiger partial charge in [0.15, 0.2) is 16.4 Å². The molecular weight excluding hydrogens is 337 g/mol. The predicted molar refractivity (Wildman–Crippen MR) is 86.2 cm³/mol. The quantitative estimate of drug-likeness (QED) is 0.582. The van der Waals surface area contributed by atoms with Crippen LogP contribution >= 0.6 is 0 Å². The highest BCUT2D eigenvalue weighted by atomic mass is 32.2. The van der Waals surface area contributed by atoms with Gasteiger partial charge in [0.05, 0.1) is 11.5 Å². The topological polar surface area (TPSA) is 80.8 Å². The van der Waals surface area contributed by atoms with Crippen LogP contribution in [0, 0.1) is 5.82 Å². The third-order valence-electron chi connectivity index (χ3n) is 3.77. The van der Waals surface area contributed by atoms with E-state index < -0.39 is 28.3 Å². The van der Waals surface area contributed by atoms with Gasteiger partial charge in [-0.3, -0.25) is 4.79 Å². The van der Waals surface area contributed by atoms with E-state index in [0.29, 0.717) is 12.0 Å². The molecule has 0 radical (unpaired) electrons. The molecule has 1 atom stereocenters. The maximum absolute atomic E-state index is 12.8. The molecule has 1 amide bonds. The van der Waals surface area contributed by atoms with E-state index in [1.165, 1.54) is 42.3 Å². The van der Waals surface area contributed by atoms with Crippen LogP contribution in [0.15, 0.2) is 30.3 Å². The predicted octanol–water partition coefficient (Wildman–Crippen LogP) is 1.03. The number of esters is 1. The Hall–Kier alpha value is -2.22. The summed E-state index contributed by atoms with van der Waals surface area (Å²) in [5, 5.41) is 0. The average molecular weight is 355 g/mol. The number of halogens is 1. The second-order valence-electron chi connectivity index (χ2n) is 5.55. The lowest BCUT2D eigenvalue weighted by molar-refractivity contribution is -0.148. The van der Waals surface area contributed by atoms with Crippen molar-refractivity contribution in [2.45, 2.75) is 12.5 Å². The Balaban J connectivity index is 1.80. The van der Waals surface area contributed by atoms with Crippen molar-refractivity contribution in [1.29, 1.82) is 0 Å². The third-order valence-corrected chi connectivity index (χ3v) is 5.52. The van der Waals surface area contributed by atoms with Crippen LogP contribution in [0.4, 0.5) is 4.39 Å². The molecule has 2 rings (SSSR count). The normalized spacial score (nSPS) is 19.3. The Kier molecular flexibility index (Phi) is 5.71. The standard InChI is InChI=1S/C16H18FNO5S/c1-18(14-8-9-24(21,22)11-14)15(19)10-23-16(20)7-4-12-2-5-13(17)6-3-12/h2-7,14H,8-11H2,1H3/b7-4+/t14-/m0/s1. The Morgan fingerprint density at radius 2 is 2.00 bits per heavy atom. The number of benzene rings is 1. The number of carbonyl (C=O) groups is 2.